The van der Waals surface area contributed by atoms with Gasteiger partial charge in [0.25, 0.3) is 0 Å². The second kappa shape index (κ2) is 13.8. The van der Waals surface area contributed by atoms with E-state index in [-0.39, 0.29) is 30.5 Å². The molecule has 8 nitrogen and oxygen atoms in total. The number of rotatable bonds is 9. The average Bonchev–Trinajstić information content (AvgIpc) is 3.92. The lowest BCUT2D eigenvalue weighted by molar-refractivity contribution is -0.138. The molecule has 8 heteroatoms. The number of methoxy groups -OCH3 is 1. The van der Waals surface area contributed by atoms with Crippen molar-refractivity contribution < 1.29 is 29.3 Å². The number of hydrogen-bond donors (Lipinski definition) is 2. The van der Waals surface area contributed by atoms with E-state index in [1.165, 1.54) is 6.42 Å². The number of aromatic nitrogens is 1. The summed E-state index contributed by atoms with van der Waals surface area (Å²) in [5.74, 6) is 0.674. The molecule has 1 aromatic heterocycles. The Kier molecular flexibility index (Phi) is 9.47. The molecule has 4 heterocycles. The number of carbonyl (C=O) groups is 2. The van der Waals surface area contributed by atoms with E-state index in [9.17, 15) is 14.7 Å². The van der Waals surface area contributed by atoms with Crippen LogP contribution in [0.2, 0.25) is 0 Å². The van der Waals surface area contributed by atoms with Crippen molar-refractivity contribution >= 4 is 22.8 Å². The molecule has 7 atom stereocenters. The first-order valence-electron chi connectivity index (χ1n) is 15.9. The normalized spacial score (nSPS) is 25.1. The van der Waals surface area contributed by atoms with E-state index in [2.05, 4.69) is 22.5 Å². The third-order valence-corrected chi connectivity index (χ3v) is 9.71. The summed E-state index contributed by atoms with van der Waals surface area (Å²) in [6.07, 6.45) is 6.29. The highest BCUT2D eigenvalue weighted by Crippen LogP contribution is 2.47. The van der Waals surface area contributed by atoms with E-state index in [1.807, 2.05) is 66.7 Å². The minimum atomic E-state index is -0.753. The molecule has 3 aromatic carbocycles. The van der Waals surface area contributed by atoms with E-state index >= 15 is 0 Å². The number of aliphatic hydroxyl groups is 1. The monoisotopic (exact) mass is 620 g/mol. The van der Waals surface area contributed by atoms with Gasteiger partial charge in [0, 0.05) is 24.2 Å². The van der Waals surface area contributed by atoms with Gasteiger partial charge in [-0.15, -0.1) is 6.58 Å². The van der Waals surface area contributed by atoms with Crippen LogP contribution in [0.5, 0.6) is 5.75 Å². The van der Waals surface area contributed by atoms with Crippen LogP contribution in [0.1, 0.15) is 58.3 Å². The number of carboxylic acids is 1. The SMILES string of the molecule is C=C[C@H]1C[N@]2CC[C@H]1C[C@H]2[C@H](O)c1ccnc2ccc(OC)cc12.O=C(OCc1ccccc1)c1ccc([C@H]2C[C@@H]2C(=O)O)cc1. The zero-order chi connectivity index (χ0) is 32.2. The highest BCUT2D eigenvalue weighted by Gasteiger charge is 2.44. The highest BCUT2D eigenvalue weighted by molar-refractivity contribution is 5.89. The molecule has 4 aliphatic rings. The van der Waals surface area contributed by atoms with Crippen molar-refractivity contribution in [1.82, 2.24) is 9.88 Å². The standard InChI is InChI=1S/C20H24N2O2.C18H16O4/c1-3-13-12-22-9-7-14(13)10-19(22)20(23)16-6-8-21-18-5-4-15(24-2)11-17(16)18;19-17(20)16-10-15(16)13-6-8-14(9-7-13)18(21)22-11-12-4-2-1-3-5-12/h3-6,8,11,13-14,19-20,23H,1,7,9-10,12H2,2H3;1-9,15-16H,10-11H2,(H,19,20)/t13-,14-,19-,20+;15-,16+/m01/s1. The third kappa shape index (κ3) is 6.83. The van der Waals surface area contributed by atoms with Crippen molar-refractivity contribution in [1.29, 1.82) is 0 Å². The Labute approximate surface area is 269 Å². The fraction of sp³-hybridized carbons (Fsp3) is 0.342. The van der Waals surface area contributed by atoms with Gasteiger partial charge < -0.3 is 19.7 Å². The van der Waals surface area contributed by atoms with Gasteiger partial charge in [0.2, 0.25) is 0 Å². The predicted molar refractivity (Wildman–Crippen MR) is 176 cm³/mol. The first-order valence-corrected chi connectivity index (χ1v) is 15.9. The van der Waals surface area contributed by atoms with Gasteiger partial charge in [-0.3, -0.25) is 14.7 Å². The van der Waals surface area contributed by atoms with Gasteiger partial charge in [-0.2, -0.15) is 0 Å². The van der Waals surface area contributed by atoms with E-state index in [4.69, 9.17) is 14.6 Å². The number of aliphatic hydroxyl groups excluding tert-OH is 1. The summed E-state index contributed by atoms with van der Waals surface area (Å²) in [6.45, 7) is 6.31. The molecule has 2 bridgehead atoms. The molecule has 0 spiro atoms. The van der Waals surface area contributed by atoms with Crippen LogP contribution < -0.4 is 4.74 Å². The Morgan fingerprint density at radius 2 is 1.85 bits per heavy atom. The number of esters is 1. The number of hydrogen-bond acceptors (Lipinski definition) is 7. The second-order valence-corrected chi connectivity index (χ2v) is 12.4. The molecule has 46 heavy (non-hydrogen) atoms. The Morgan fingerprint density at radius 1 is 1.07 bits per heavy atom. The lowest BCUT2D eigenvalue weighted by Crippen LogP contribution is -2.54. The zero-order valence-corrected chi connectivity index (χ0v) is 26.0. The fourth-order valence-corrected chi connectivity index (χ4v) is 6.95. The van der Waals surface area contributed by atoms with Crippen LogP contribution in [0.15, 0.2) is 97.7 Å². The number of piperidine rings is 3. The Bertz CT molecular complexity index is 1690. The number of benzene rings is 3. The first kappa shape index (κ1) is 31.5. The van der Waals surface area contributed by atoms with Crippen LogP contribution in [0, 0.1) is 17.8 Å². The minimum Gasteiger partial charge on any atom is -0.497 e. The molecule has 3 saturated heterocycles. The lowest BCUT2D eigenvalue weighted by atomic mass is 9.73. The van der Waals surface area contributed by atoms with E-state index in [1.54, 1.807) is 25.4 Å². The quantitative estimate of drug-likeness (QED) is 0.163. The smallest absolute Gasteiger partial charge is 0.338 e. The van der Waals surface area contributed by atoms with Crippen LogP contribution in [-0.2, 0) is 16.1 Å². The second-order valence-electron chi connectivity index (χ2n) is 12.4. The Morgan fingerprint density at radius 3 is 2.50 bits per heavy atom. The molecule has 2 N–H and O–H groups in total. The lowest BCUT2D eigenvalue weighted by Gasteiger charge is -2.50. The van der Waals surface area contributed by atoms with Crippen molar-refractivity contribution in [2.75, 3.05) is 20.2 Å². The maximum Gasteiger partial charge on any atom is 0.338 e. The summed E-state index contributed by atoms with van der Waals surface area (Å²) in [5.41, 5.74) is 4.23. The molecule has 1 saturated carbocycles. The van der Waals surface area contributed by atoms with Gasteiger partial charge in [0.05, 0.1) is 30.2 Å². The van der Waals surface area contributed by atoms with Crippen LogP contribution in [0.3, 0.4) is 0 Å². The summed E-state index contributed by atoms with van der Waals surface area (Å²) in [6, 6.07) is 24.5. The summed E-state index contributed by atoms with van der Waals surface area (Å²) in [7, 11) is 1.66. The Balaban J connectivity index is 0.000000162. The number of ether oxygens (including phenoxy) is 2. The largest absolute Gasteiger partial charge is 0.497 e. The predicted octanol–water partition coefficient (Wildman–Crippen LogP) is 6.40. The van der Waals surface area contributed by atoms with Crippen molar-refractivity contribution in [3.05, 3.63) is 120 Å². The van der Waals surface area contributed by atoms with Gasteiger partial charge >= 0.3 is 11.9 Å². The van der Waals surface area contributed by atoms with Crippen LogP contribution in [-0.4, -0.2) is 58.3 Å². The first-order chi connectivity index (χ1) is 22.4. The number of aliphatic carboxylic acids is 1. The molecule has 4 aromatic rings. The Hall–Kier alpha value is -4.53. The van der Waals surface area contributed by atoms with Crippen molar-refractivity contribution in [3.8, 4) is 5.75 Å². The van der Waals surface area contributed by atoms with Crippen molar-refractivity contribution in [3.63, 3.8) is 0 Å². The third-order valence-electron chi connectivity index (χ3n) is 9.71. The van der Waals surface area contributed by atoms with Gasteiger partial charge in [0.1, 0.15) is 12.4 Å². The van der Waals surface area contributed by atoms with Crippen LogP contribution >= 0.6 is 0 Å². The molecule has 0 radical (unpaired) electrons. The number of nitrogens with zero attached hydrogens (tertiary/aromatic N) is 2. The fourth-order valence-electron chi connectivity index (χ4n) is 6.95. The maximum atomic E-state index is 12.0. The average molecular weight is 621 g/mol. The molecular weight excluding hydrogens is 580 g/mol. The van der Waals surface area contributed by atoms with Gasteiger partial charge in [0.15, 0.2) is 0 Å². The number of pyridine rings is 1. The summed E-state index contributed by atoms with van der Waals surface area (Å²) < 4.78 is 10.6. The summed E-state index contributed by atoms with van der Waals surface area (Å²) in [5, 5.41) is 21.1. The van der Waals surface area contributed by atoms with Crippen molar-refractivity contribution in [2.45, 2.75) is 43.9 Å². The molecule has 1 aliphatic carbocycles. The van der Waals surface area contributed by atoms with Crippen molar-refractivity contribution in [2.24, 2.45) is 17.8 Å². The highest BCUT2D eigenvalue weighted by atomic mass is 16.5. The van der Waals surface area contributed by atoms with E-state index in [0.29, 0.717) is 23.8 Å². The van der Waals surface area contributed by atoms with Crippen LogP contribution in [0.25, 0.3) is 10.9 Å². The van der Waals surface area contributed by atoms with E-state index < -0.39 is 12.1 Å². The minimum absolute atomic E-state index is 0.0758. The van der Waals surface area contributed by atoms with Gasteiger partial charge in [-0.1, -0.05) is 48.5 Å². The zero-order valence-electron chi connectivity index (χ0n) is 26.0. The molecule has 0 amide bonds. The summed E-state index contributed by atoms with van der Waals surface area (Å²) in [4.78, 5) is 29.7. The molecule has 4 fully saturated rings. The molecule has 3 aliphatic heterocycles. The molecule has 0 unspecified atom stereocenters. The molecule has 8 rings (SSSR count). The number of carboxylic acid groups (broad SMARTS) is 1. The molecule has 238 valence electrons. The van der Waals surface area contributed by atoms with Gasteiger partial charge in [-0.05, 0) is 96.6 Å². The topological polar surface area (TPSA) is 109 Å². The maximum absolute atomic E-state index is 12.0. The van der Waals surface area contributed by atoms with Gasteiger partial charge in [-0.25, -0.2) is 4.79 Å². The number of carbonyl (C=O) groups excluding carboxylic acids is 1. The van der Waals surface area contributed by atoms with Crippen LogP contribution in [0.4, 0.5) is 0 Å². The summed E-state index contributed by atoms with van der Waals surface area (Å²) >= 11 is 0. The molecular formula is C38H40N2O6. The number of fused-ring (bicyclic) bond motifs is 4. The van der Waals surface area contributed by atoms with E-state index in [0.717, 1.165) is 52.9 Å².